The minimum atomic E-state index is -0.533. The number of nitrogens with one attached hydrogen (secondary N) is 1. The van der Waals surface area contributed by atoms with Crippen molar-refractivity contribution in [1.82, 2.24) is 5.43 Å². The number of hydrogen-bond donors (Lipinski definition) is 1. The van der Waals surface area contributed by atoms with Gasteiger partial charge in [-0.1, -0.05) is 23.7 Å². The maximum atomic E-state index is 12.3. The van der Waals surface area contributed by atoms with E-state index in [0.717, 1.165) is 0 Å². The average molecular weight is 439 g/mol. The topological polar surface area (TPSA) is 86.2 Å². The van der Waals surface area contributed by atoms with Crippen LogP contribution in [0.2, 0.25) is 5.02 Å². The molecule has 1 N–H and O–H groups in total. The molecule has 0 aromatic heterocycles. The van der Waals surface area contributed by atoms with Crippen molar-refractivity contribution >= 4 is 29.7 Å². The van der Waals surface area contributed by atoms with Crippen LogP contribution in [0.25, 0.3) is 0 Å². The molecule has 0 unspecified atom stereocenters. The lowest BCUT2D eigenvalue weighted by atomic mass is 10.2. The number of hydrazone groups is 1. The summed E-state index contributed by atoms with van der Waals surface area (Å²) in [5.41, 5.74) is 3.24. The maximum Gasteiger partial charge on any atom is 0.343 e. The number of carbonyl (C=O) groups excluding carboxylic acids is 2. The number of carbonyl (C=O) groups is 2. The van der Waals surface area contributed by atoms with Crippen molar-refractivity contribution in [2.45, 2.75) is 0 Å². The predicted molar refractivity (Wildman–Crippen MR) is 117 cm³/mol. The van der Waals surface area contributed by atoms with Crippen molar-refractivity contribution in [1.29, 1.82) is 0 Å². The monoisotopic (exact) mass is 438 g/mol. The average Bonchev–Trinajstić information content (AvgIpc) is 2.79. The van der Waals surface area contributed by atoms with Gasteiger partial charge in [0.1, 0.15) is 17.2 Å². The lowest BCUT2D eigenvalue weighted by Gasteiger charge is -2.08. The Balaban J connectivity index is 1.55. The van der Waals surface area contributed by atoms with Gasteiger partial charge in [-0.15, -0.1) is 0 Å². The van der Waals surface area contributed by atoms with E-state index in [0.29, 0.717) is 33.4 Å². The smallest absolute Gasteiger partial charge is 0.343 e. The Kier molecular flexibility index (Phi) is 7.61. The maximum absolute atomic E-state index is 12.3. The molecular formula is C23H19ClN2O5. The van der Waals surface area contributed by atoms with Gasteiger partial charge < -0.3 is 14.2 Å². The zero-order chi connectivity index (χ0) is 22.1. The molecule has 0 radical (unpaired) electrons. The number of hydrogen-bond acceptors (Lipinski definition) is 6. The van der Waals surface area contributed by atoms with Crippen LogP contribution in [0.3, 0.4) is 0 Å². The molecule has 3 rings (SSSR count). The first kappa shape index (κ1) is 21.9. The molecule has 0 heterocycles. The van der Waals surface area contributed by atoms with Gasteiger partial charge in [0.05, 0.1) is 18.9 Å². The molecule has 31 heavy (non-hydrogen) atoms. The molecule has 0 aliphatic heterocycles. The molecule has 0 saturated carbocycles. The zero-order valence-electron chi connectivity index (χ0n) is 16.6. The Morgan fingerprint density at radius 3 is 2.35 bits per heavy atom. The van der Waals surface area contributed by atoms with Gasteiger partial charge in [-0.05, 0) is 60.7 Å². The Labute approximate surface area is 184 Å². The minimum absolute atomic E-state index is 0.211. The lowest BCUT2D eigenvalue weighted by molar-refractivity contribution is -0.123. The second-order valence-corrected chi connectivity index (χ2v) is 6.63. The van der Waals surface area contributed by atoms with Crippen LogP contribution in [-0.4, -0.2) is 31.8 Å². The van der Waals surface area contributed by atoms with Crippen LogP contribution >= 0.6 is 11.6 Å². The van der Waals surface area contributed by atoms with Gasteiger partial charge in [-0.25, -0.2) is 10.2 Å². The van der Waals surface area contributed by atoms with Crippen molar-refractivity contribution < 1.29 is 23.8 Å². The normalized spacial score (nSPS) is 10.5. The van der Waals surface area contributed by atoms with Crippen LogP contribution in [0, 0.1) is 0 Å². The first-order valence-corrected chi connectivity index (χ1v) is 9.58. The van der Waals surface area contributed by atoms with Crippen molar-refractivity contribution in [2.24, 2.45) is 5.10 Å². The zero-order valence-corrected chi connectivity index (χ0v) is 17.3. The summed E-state index contributed by atoms with van der Waals surface area (Å²) < 4.78 is 15.9. The third-order valence-electron chi connectivity index (χ3n) is 4.02. The Hall–Kier alpha value is -3.84. The van der Waals surface area contributed by atoms with Crippen LogP contribution in [0.5, 0.6) is 17.2 Å². The molecule has 0 bridgehead atoms. The van der Waals surface area contributed by atoms with Crippen LogP contribution in [0.4, 0.5) is 0 Å². The largest absolute Gasteiger partial charge is 0.497 e. The van der Waals surface area contributed by atoms with Crippen LogP contribution in [-0.2, 0) is 4.79 Å². The standard InChI is InChI=1S/C23H19ClN2O5/c1-29-19-10-12-20(13-11-19)30-15-22(27)26-25-14-17-4-2-3-5-21(17)31-23(28)16-6-8-18(24)9-7-16/h2-14H,15H2,1H3,(H,26,27). The summed E-state index contributed by atoms with van der Waals surface area (Å²) in [4.78, 5) is 24.3. The molecule has 0 aliphatic carbocycles. The number of para-hydroxylation sites is 1. The molecular weight excluding hydrogens is 420 g/mol. The number of esters is 1. The highest BCUT2D eigenvalue weighted by Gasteiger charge is 2.11. The second-order valence-electron chi connectivity index (χ2n) is 6.19. The lowest BCUT2D eigenvalue weighted by Crippen LogP contribution is -2.24. The quantitative estimate of drug-likeness (QED) is 0.248. The first-order valence-electron chi connectivity index (χ1n) is 9.20. The first-order chi connectivity index (χ1) is 15.0. The molecule has 7 nitrogen and oxygen atoms in total. The molecule has 1 amide bonds. The molecule has 0 saturated heterocycles. The molecule has 0 aliphatic rings. The van der Waals surface area contributed by atoms with E-state index in [1.165, 1.54) is 6.21 Å². The number of methoxy groups -OCH3 is 1. The van der Waals surface area contributed by atoms with E-state index in [4.69, 9.17) is 25.8 Å². The van der Waals surface area contributed by atoms with Crippen LogP contribution < -0.4 is 19.6 Å². The number of ether oxygens (including phenoxy) is 3. The van der Waals surface area contributed by atoms with Crippen molar-refractivity contribution in [3.63, 3.8) is 0 Å². The summed E-state index contributed by atoms with van der Waals surface area (Å²) in [7, 11) is 1.57. The Morgan fingerprint density at radius 2 is 1.65 bits per heavy atom. The fraction of sp³-hybridized carbons (Fsp3) is 0.0870. The second kappa shape index (κ2) is 10.8. The van der Waals surface area contributed by atoms with E-state index in [1.807, 2.05) is 0 Å². The SMILES string of the molecule is COc1ccc(OCC(=O)NN=Cc2ccccc2OC(=O)c2ccc(Cl)cc2)cc1. The van der Waals surface area contributed by atoms with E-state index >= 15 is 0 Å². The van der Waals surface area contributed by atoms with Crippen LogP contribution in [0.1, 0.15) is 15.9 Å². The summed E-state index contributed by atoms with van der Waals surface area (Å²) in [6.07, 6.45) is 1.38. The van der Waals surface area contributed by atoms with Crippen molar-refractivity contribution in [2.75, 3.05) is 13.7 Å². The number of halogens is 1. The molecule has 8 heteroatoms. The molecule has 0 atom stereocenters. The van der Waals surface area contributed by atoms with Gasteiger partial charge in [0.25, 0.3) is 5.91 Å². The van der Waals surface area contributed by atoms with Gasteiger partial charge >= 0.3 is 5.97 Å². The van der Waals surface area contributed by atoms with Crippen molar-refractivity contribution in [3.8, 4) is 17.2 Å². The highest BCUT2D eigenvalue weighted by atomic mass is 35.5. The number of amides is 1. The molecule has 0 fully saturated rings. The molecule has 158 valence electrons. The number of nitrogens with zero attached hydrogens (tertiary/aromatic N) is 1. The van der Waals surface area contributed by atoms with E-state index in [1.54, 1.807) is 79.9 Å². The minimum Gasteiger partial charge on any atom is -0.497 e. The fourth-order valence-electron chi connectivity index (χ4n) is 2.45. The molecule has 0 spiro atoms. The van der Waals surface area contributed by atoms with E-state index in [2.05, 4.69) is 10.5 Å². The fourth-order valence-corrected chi connectivity index (χ4v) is 2.58. The molecule has 3 aromatic carbocycles. The summed E-state index contributed by atoms with van der Waals surface area (Å²) in [6.45, 7) is -0.211. The van der Waals surface area contributed by atoms with Gasteiger partial charge in [0.15, 0.2) is 6.61 Å². The third-order valence-corrected chi connectivity index (χ3v) is 4.28. The summed E-state index contributed by atoms with van der Waals surface area (Å²) in [5, 5.41) is 4.42. The summed E-state index contributed by atoms with van der Waals surface area (Å²) in [6, 6.07) is 20.0. The van der Waals surface area contributed by atoms with Gasteiger partial charge in [0.2, 0.25) is 0 Å². The van der Waals surface area contributed by atoms with Gasteiger partial charge in [-0.3, -0.25) is 4.79 Å². The van der Waals surface area contributed by atoms with Gasteiger partial charge in [-0.2, -0.15) is 5.10 Å². The predicted octanol–water partition coefficient (Wildman–Crippen LogP) is 4.10. The van der Waals surface area contributed by atoms with E-state index in [9.17, 15) is 9.59 Å². The Morgan fingerprint density at radius 1 is 0.968 bits per heavy atom. The van der Waals surface area contributed by atoms with Gasteiger partial charge in [0, 0.05) is 10.6 Å². The molecule has 3 aromatic rings. The summed E-state index contributed by atoms with van der Waals surface area (Å²) in [5.74, 6) is 0.545. The van der Waals surface area contributed by atoms with Crippen LogP contribution in [0.15, 0.2) is 77.9 Å². The number of benzene rings is 3. The summed E-state index contributed by atoms with van der Waals surface area (Å²) >= 11 is 5.84. The number of rotatable bonds is 8. The highest BCUT2D eigenvalue weighted by molar-refractivity contribution is 6.30. The Bertz CT molecular complexity index is 1070. The highest BCUT2D eigenvalue weighted by Crippen LogP contribution is 2.19. The third kappa shape index (κ3) is 6.58. The van der Waals surface area contributed by atoms with Crippen molar-refractivity contribution in [3.05, 3.63) is 88.9 Å². The van der Waals surface area contributed by atoms with E-state index < -0.39 is 11.9 Å². The van der Waals surface area contributed by atoms with E-state index in [-0.39, 0.29) is 6.61 Å².